The Morgan fingerprint density at radius 1 is 0.440 bits per heavy atom. The van der Waals surface area contributed by atoms with E-state index in [0.29, 0.717) is 22.8 Å². The molecule has 0 atom stereocenters. The van der Waals surface area contributed by atoms with Crippen LogP contribution in [-0.2, 0) is 68.3 Å². The molecule has 0 spiro atoms. The molecule has 0 bridgehead atoms. The van der Waals surface area contributed by atoms with E-state index in [2.05, 4.69) is 0 Å². The monoisotopic (exact) mass is 1060 g/mol. The predicted molar refractivity (Wildman–Crippen MR) is 161 cm³/mol. The fourth-order valence-corrected chi connectivity index (χ4v) is 3.74. The summed E-state index contributed by atoms with van der Waals surface area (Å²) in [7, 11) is 31.6. The Balaban J connectivity index is -0.000000120. The van der Waals surface area contributed by atoms with Crippen LogP contribution in [0.15, 0.2) is 33.5 Å². The van der Waals surface area contributed by atoms with Crippen molar-refractivity contribution in [2.75, 3.05) is 113 Å². The number of nitrogens with zero attached hydrogens (tertiary/aromatic N) is 12. The van der Waals surface area contributed by atoms with Gasteiger partial charge in [-0.1, -0.05) is 9.98 Å². The van der Waals surface area contributed by atoms with Crippen LogP contribution in [0.4, 0.5) is 0 Å². The van der Waals surface area contributed by atoms with E-state index in [-0.39, 0.29) is 168 Å². The van der Waals surface area contributed by atoms with Crippen molar-refractivity contribution in [3.63, 3.8) is 0 Å². The summed E-state index contributed by atoms with van der Waals surface area (Å²) < 4.78 is 7.90. The zero-order valence-corrected chi connectivity index (χ0v) is 40.6. The quantitative estimate of drug-likeness (QED) is 0.0908. The third-order valence-electron chi connectivity index (χ3n) is 5.15. The number of rotatable bonds is 2. The third kappa shape index (κ3) is 26.5. The van der Waals surface area contributed by atoms with Gasteiger partial charge in [0.15, 0.2) is 11.4 Å². The molecule has 1 aliphatic carbocycles. The van der Waals surface area contributed by atoms with Gasteiger partial charge in [-0.15, -0.1) is 0 Å². The van der Waals surface area contributed by atoms with Gasteiger partial charge in [-0.2, -0.15) is 0 Å². The van der Waals surface area contributed by atoms with Gasteiger partial charge in [0.2, 0.25) is 11.9 Å². The number of hydrogen-bond donors (Lipinski definition) is 0. The maximum absolute atomic E-state index is 5.04. The molecule has 24 heteroatoms. The summed E-state index contributed by atoms with van der Waals surface area (Å²) in [4.78, 5) is 18.0. The first-order valence-electron chi connectivity index (χ1n) is 12.4. The third-order valence-corrected chi connectivity index (χ3v) is 5.15. The van der Waals surface area contributed by atoms with Gasteiger partial charge in [0.1, 0.15) is 11.4 Å². The van der Waals surface area contributed by atoms with Crippen molar-refractivity contribution in [3.8, 4) is 0 Å². The number of halogens is 8. The number of allylic oxidation sites excluding steroid dienone is 2. The van der Waals surface area contributed by atoms with Crippen molar-refractivity contribution in [3.05, 3.63) is 34.2 Å². The molecule has 314 valence electrons. The molecule has 0 amide bonds. The van der Waals surface area contributed by atoms with Crippen molar-refractivity contribution < 1.29 is 186 Å². The molecule has 0 unspecified atom stereocenters. The van der Waals surface area contributed by atoms with Crippen LogP contribution in [0, 0.1) is 0 Å². The van der Waals surface area contributed by atoms with E-state index in [1.807, 2.05) is 163 Å². The minimum Gasteiger partial charge on any atom is -1.00 e. The fourth-order valence-electron chi connectivity index (χ4n) is 3.74. The van der Waals surface area contributed by atoms with Crippen LogP contribution >= 0.6 is 0 Å². The summed E-state index contributed by atoms with van der Waals surface area (Å²) in [6, 6.07) is 0. The van der Waals surface area contributed by atoms with Crippen molar-refractivity contribution in [1.82, 2.24) is 19.6 Å². The van der Waals surface area contributed by atoms with Gasteiger partial charge in [0.05, 0.1) is 56.4 Å². The van der Waals surface area contributed by atoms with Gasteiger partial charge in [-0.05, 0) is 0 Å². The molecular formula is C26H50Cl8Cu4N12. The Hall–Kier alpha value is 0.698. The molecule has 0 aliphatic heterocycles. The molecule has 50 heavy (non-hydrogen) atoms. The van der Waals surface area contributed by atoms with Gasteiger partial charge >= 0.3 is 80.2 Å². The molecule has 0 fully saturated rings. The van der Waals surface area contributed by atoms with Gasteiger partial charge in [-0.25, -0.2) is 10.6 Å². The molecule has 0 aromatic rings. The van der Waals surface area contributed by atoms with Crippen LogP contribution < -0.4 is 99.3 Å². The fraction of sp³-hybridized carbons (Fsp3) is 0.615. The minimum atomic E-state index is 0. The summed E-state index contributed by atoms with van der Waals surface area (Å²) in [5, 5.41) is 10.1. The Morgan fingerprint density at radius 2 is 0.660 bits per heavy atom. The Morgan fingerprint density at radius 3 is 0.800 bits per heavy atom. The molecule has 1 rings (SSSR count). The number of guanidine groups is 4. The van der Waals surface area contributed by atoms with Crippen LogP contribution in [0.5, 0.6) is 0 Å². The maximum atomic E-state index is 5.04. The SMILES string of the molecule is CN(C)C(/N=C1C=C([N-]C(N(C)C)=[N+](C)C)/C(=N/C(N(C)C)=[N+](C)C)C=C\1[N-]C(N(C)C)=[N+](C)C)=[N+](C)C.[Cl-].[Cl-].[Cl-].[Cl-].[Cl-].[Cl-].[Cl-].[Cl-].[Cu+2].[Cu+2].[Cu+].[Cu+]. The minimum absolute atomic E-state index is 0. The summed E-state index contributed by atoms with van der Waals surface area (Å²) in [6.07, 6.45) is 3.92. The van der Waals surface area contributed by atoms with Crippen LogP contribution in [0.3, 0.4) is 0 Å². The Kier molecular flexibility index (Phi) is 65.9. The Bertz CT molecular complexity index is 1080. The second kappa shape index (κ2) is 39.4. The molecule has 2 radical (unpaired) electrons. The largest absolute Gasteiger partial charge is 2.00 e. The second-order valence-corrected chi connectivity index (χ2v) is 10.6. The summed E-state index contributed by atoms with van der Waals surface area (Å²) >= 11 is 0. The van der Waals surface area contributed by atoms with Crippen molar-refractivity contribution in [1.29, 1.82) is 0 Å². The van der Waals surface area contributed by atoms with Crippen molar-refractivity contribution >= 4 is 35.3 Å². The van der Waals surface area contributed by atoms with Crippen LogP contribution in [0.1, 0.15) is 0 Å². The van der Waals surface area contributed by atoms with Gasteiger partial charge < -0.3 is 118 Å². The van der Waals surface area contributed by atoms with Gasteiger partial charge in [0, 0.05) is 68.5 Å². The summed E-state index contributed by atoms with van der Waals surface area (Å²) in [5.74, 6) is 3.14. The van der Waals surface area contributed by atoms with E-state index in [0.717, 1.165) is 23.8 Å². The first-order chi connectivity index (χ1) is 17.5. The van der Waals surface area contributed by atoms with E-state index in [1.54, 1.807) is 0 Å². The molecular weight excluding hydrogens is 1020 g/mol. The van der Waals surface area contributed by atoms with Crippen LogP contribution in [-0.4, -0.2) is 186 Å². The molecule has 0 aromatic heterocycles. The normalized spacial score (nSPS) is 11.2. The second-order valence-electron chi connectivity index (χ2n) is 10.6. The van der Waals surface area contributed by atoms with Crippen LogP contribution in [0.2, 0.25) is 0 Å². The van der Waals surface area contributed by atoms with E-state index >= 15 is 0 Å². The van der Waals surface area contributed by atoms with Gasteiger partial charge in [0.25, 0.3) is 0 Å². The number of aliphatic imine (C=N–C) groups is 2. The van der Waals surface area contributed by atoms with Gasteiger partial charge in [-0.3, -0.25) is 19.0 Å². The topological polar surface area (TPSA) is 77.9 Å². The van der Waals surface area contributed by atoms with E-state index < -0.39 is 0 Å². The van der Waals surface area contributed by atoms with E-state index in [9.17, 15) is 0 Å². The van der Waals surface area contributed by atoms with Crippen molar-refractivity contribution in [2.45, 2.75) is 0 Å². The molecule has 0 saturated heterocycles. The van der Waals surface area contributed by atoms with Crippen LogP contribution in [0.25, 0.3) is 10.6 Å². The molecule has 0 saturated carbocycles. The predicted octanol–water partition coefficient (Wildman–Crippen LogP) is -23.8. The first kappa shape index (κ1) is 83.6. The molecule has 12 nitrogen and oxygen atoms in total. The molecule has 0 N–H and O–H groups in total. The molecule has 0 aromatic carbocycles. The molecule has 0 heterocycles. The zero-order chi connectivity index (χ0) is 29.5. The Labute approximate surface area is 393 Å². The summed E-state index contributed by atoms with van der Waals surface area (Å²) in [6.45, 7) is 0. The average Bonchev–Trinajstić information content (AvgIpc) is 2.76. The molecule has 1 aliphatic rings. The van der Waals surface area contributed by atoms with E-state index in [1.165, 1.54) is 0 Å². The average molecular weight is 1070 g/mol. The van der Waals surface area contributed by atoms with Crippen molar-refractivity contribution in [2.24, 2.45) is 9.98 Å². The van der Waals surface area contributed by atoms with E-state index in [4.69, 9.17) is 20.6 Å². The maximum Gasteiger partial charge on any atom is 2.00 e. The summed E-state index contributed by atoms with van der Waals surface area (Å²) in [5.41, 5.74) is 2.76. The smallest absolute Gasteiger partial charge is 1.00 e. The standard InChI is InChI=1S/C26H50N12.8ClH.4Cu/c1-31(2)23(32(3)4)27-19-17-21(29-25(35(9)10)36(11)12)22(30-26(37(13)14)38(15)16)18-20(19)28-24(33(5)6)34(7)8;;;;;;;;;;;;/h17-18H,1-16H3;8*1H;;;;/q+2;;;;;;;;;2*+1;2*+2/p-8. The first-order valence-corrected chi connectivity index (χ1v) is 12.4. The number of hydrogen-bond acceptors (Lipinski definition) is 0. The zero-order valence-electron chi connectivity index (χ0n) is 30.8.